The number of sulfonamides is 1. The lowest BCUT2D eigenvalue weighted by atomic mass is 9.80. The van der Waals surface area contributed by atoms with Gasteiger partial charge in [-0.25, -0.2) is 13.1 Å². The quantitative estimate of drug-likeness (QED) is 0.829. The lowest BCUT2D eigenvalue weighted by Gasteiger charge is -2.38. The van der Waals surface area contributed by atoms with E-state index in [9.17, 15) is 8.42 Å². The molecule has 0 heterocycles. The van der Waals surface area contributed by atoms with E-state index in [0.717, 1.165) is 24.8 Å². The third-order valence-electron chi connectivity index (χ3n) is 3.47. The minimum atomic E-state index is -3.46. The predicted molar refractivity (Wildman–Crippen MR) is 77.6 cm³/mol. The molecule has 20 heavy (non-hydrogen) atoms. The van der Waals surface area contributed by atoms with E-state index in [1.807, 2.05) is 6.92 Å². The van der Waals surface area contributed by atoms with Gasteiger partial charge in [0.2, 0.25) is 10.0 Å². The average Bonchev–Trinajstić information content (AvgIpc) is 2.37. The monoisotopic (exact) mass is 293 g/mol. The van der Waals surface area contributed by atoms with Crippen LogP contribution in [0.5, 0.6) is 0 Å². The zero-order chi connectivity index (χ0) is 14.6. The van der Waals surface area contributed by atoms with Crippen molar-refractivity contribution in [2.75, 3.05) is 6.61 Å². The molecule has 0 unspecified atom stereocenters. The van der Waals surface area contributed by atoms with Crippen LogP contribution in [0, 0.1) is 11.8 Å². The van der Waals surface area contributed by atoms with E-state index in [1.165, 1.54) is 0 Å². The molecule has 1 fully saturated rings. The number of aliphatic hydroxyl groups is 1. The maximum Gasteiger partial charge on any atom is 0.241 e. The van der Waals surface area contributed by atoms with Crippen molar-refractivity contribution >= 4 is 10.0 Å². The van der Waals surface area contributed by atoms with E-state index in [-0.39, 0.29) is 17.0 Å². The number of hydrogen-bond donors (Lipinski definition) is 2. The minimum absolute atomic E-state index is 0.0297. The molecule has 1 aliphatic rings. The molecule has 0 atom stereocenters. The van der Waals surface area contributed by atoms with Gasteiger partial charge in [0.15, 0.2) is 0 Å². The summed E-state index contributed by atoms with van der Waals surface area (Å²) in [5.74, 6) is 5.67. The molecule has 5 heteroatoms. The summed E-state index contributed by atoms with van der Waals surface area (Å²) in [7, 11) is -3.46. The first-order valence-electron chi connectivity index (χ1n) is 6.69. The summed E-state index contributed by atoms with van der Waals surface area (Å²) in [4.78, 5) is 0.262. The normalized spacial score (nSPS) is 16.9. The van der Waals surface area contributed by atoms with Crippen molar-refractivity contribution in [2.24, 2.45) is 0 Å². The van der Waals surface area contributed by atoms with Gasteiger partial charge in [-0.3, -0.25) is 0 Å². The Balaban J connectivity index is 2.11. The fraction of sp³-hybridized carbons (Fsp3) is 0.467. The third kappa shape index (κ3) is 3.60. The molecule has 0 bridgehead atoms. The molecule has 4 nitrogen and oxygen atoms in total. The fourth-order valence-corrected chi connectivity index (χ4v) is 3.60. The first-order chi connectivity index (χ1) is 9.45. The van der Waals surface area contributed by atoms with Crippen LogP contribution in [0.1, 0.15) is 38.2 Å². The Bertz CT molecular complexity index is 619. The van der Waals surface area contributed by atoms with E-state index >= 15 is 0 Å². The third-order valence-corrected chi connectivity index (χ3v) is 5.13. The van der Waals surface area contributed by atoms with Crippen molar-refractivity contribution in [3.63, 3.8) is 0 Å². The lowest BCUT2D eigenvalue weighted by molar-refractivity contribution is 0.248. The van der Waals surface area contributed by atoms with Crippen LogP contribution < -0.4 is 4.72 Å². The van der Waals surface area contributed by atoms with Gasteiger partial charge in [-0.15, -0.1) is 0 Å². The maximum atomic E-state index is 12.2. The number of benzene rings is 1. The van der Waals surface area contributed by atoms with E-state index in [2.05, 4.69) is 16.6 Å². The molecule has 0 radical (unpaired) electrons. The van der Waals surface area contributed by atoms with Gasteiger partial charge in [-0.05, 0) is 50.5 Å². The van der Waals surface area contributed by atoms with Gasteiger partial charge in [-0.2, -0.15) is 0 Å². The van der Waals surface area contributed by atoms with Crippen LogP contribution in [0.2, 0.25) is 0 Å². The summed E-state index contributed by atoms with van der Waals surface area (Å²) in [5, 5.41) is 8.64. The Kier molecular flexibility index (Phi) is 4.48. The van der Waals surface area contributed by atoms with E-state index in [1.54, 1.807) is 24.3 Å². The van der Waals surface area contributed by atoms with Crippen LogP contribution in [0.25, 0.3) is 0 Å². The highest BCUT2D eigenvalue weighted by molar-refractivity contribution is 7.89. The van der Waals surface area contributed by atoms with Crippen molar-refractivity contribution in [1.82, 2.24) is 4.72 Å². The number of hydrogen-bond acceptors (Lipinski definition) is 3. The highest BCUT2D eigenvalue weighted by Gasteiger charge is 2.36. The van der Waals surface area contributed by atoms with Crippen LogP contribution in [0.3, 0.4) is 0 Å². The SMILES string of the molecule is CC1(NS(=O)(=O)c2ccc(C#CCCO)cc2)CCC1. The van der Waals surface area contributed by atoms with Gasteiger partial charge >= 0.3 is 0 Å². The zero-order valence-corrected chi connectivity index (χ0v) is 12.3. The molecule has 2 N–H and O–H groups in total. The molecule has 108 valence electrons. The fourth-order valence-electron chi connectivity index (χ4n) is 2.13. The van der Waals surface area contributed by atoms with Crippen LogP contribution in [-0.2, 0) is 10.0 Å². The highest BCUT2D eigenvalue weighted by Crippen LogP contribution is 2.32. The molecule has 0 spiro atoms. The summed E-state index contributed by atoms with van der Waals surface area (Å²) < 4.78 is 27.2. The summed E-state index contributed by atoms with van der Waals surface area (Å²) in [6.07, 6.45) is 3.26. The van der Waals surface area contributed by atoms with E-state index in [0.29, 0.717) is 6.42 Å². The average molecular weight is 293 g/mol. The van der Waals surface area contributed by atoms with Crippen molar-refractivity contribution in [1.29, 1.82) is 0 Å². The van der Waals surface area contributed by atoms with Gasteiger partial charge in [0, 0.05) is 17.5 Å². The number of aliphatic hydroxyl groups excluding tert-OH is 1. The van der Waals surface area contributed by atoms with Crippen LogP contribution in [0.15, 0.2) is 29.2 Å². The van der Waals surface area contributed by atoms with Crippen molar-refractivity contribution in [2.45, 2.75) is 43.0 Å². The summed E-state index contributed by atoms with van der Waals surface area (Å²) >= 11 is 0. The molecular formula is C15H19NO3S. The van der Waals surface area contributed by atoms with Crippen LogP contribution >= 0.6 is 0 Å². The summed E-state index contributed by atoms with van der Waals surface area (Å²) in [5.41, 5.74) is 0.450. The molecular weight excluding hydrogens is 274 g/mol. The standard InChI is InChI=1S/C15H19NO3S/c1-15(10-4-11-15)16-20(18,19)14-8-6-13(7-9-14)5-2-3-12-17/h6-9,16-17H,3-4,10-12H2,1H3. The second-order valence-corrected chi connectivity index (χ2v) is 7.00. The van der Waals surface area contributed by atoms with Crippen molar-refractivity contribution < 1.29 is 13.5 Å². The largest absolute Gasteiger partial charge is 0.395 e. The van der Waals surface area contributed by atoms with Gasteiger partial charge < -0.3 is 5.11 Å². The molecule has 0 amide bonds. The predicted octanol–water partition coefficient (Wildman–Crippen LogP) is 1.64. The molecule has 2 rings (SSSR count). The smallest absolute Gasteiger partial charge is 0.241 e. The topological polar surface area (TPSA) is 66.4 Å². The second kappa shape index (κ2) is 5.96. The summed E-state index contributed by atoms with van der Waals surface area (Å²) in [6.45, 7) is 1.96. The Morgan fingerprint density at radius 3 is 2.45 bits per heavy atom. The second-order valence-electron chi connectivity index (χ2n) is 5.32. The van der Waals surface area contributed by atoms with E-state index < -0.39 is 10.0 Å². The van der Waals surface area contributed by atoms with Crippen molar-refractivity contribution in [3.05, 3.63) is 29.8 Å². The van der Waals surface area contributed by atoms with Gasteiger partial charge in [0.1, 0.15) is 0 Å². The Hall–Kier alpha value is -1.35. The Morgan fingerprint density at radius 1 is 1.30 bits per heavy atom. The zero-order valence-electron chi connectivity index (χ0n) is 11.5. The molecule has 0 aromatic heterocycles. The number of rotatable bonds is 4. The first kappa shape index (κ1) is 15.0. The minimum Gasteiger partial charge on any atom is -0.395 e. The van der Waals surface area contributed by atoms with Gasteiger partial charge in [-0.1, -0.05) is 11.8 Å². The number of nitrogens with one attached hydrogen (secondary N) is 1. The molecule has 1 aromatic rings. The molecule has 0 saturated heterocycles. The Morgan fingerprint density at radius 2 is 1.95 bits per heavy atom. The molecule has 1 aromatic carbocycles. The Labute approximate surface area is 120 Å². The van der Waals surface area contributed by atoms with Gasteiger partial charge in [0.05, 0.1) is 11.5 Å². The highest BCUT2D eigenvalue weighted by atomic mass is 32.2. The summed E-state index contributed by atoms with van der Waals surface area (Å²) in [6, 6.07) is 6.49. The van der Waals surface area contributed by atoms with E-state index in [4.69, 9.17) is 5.11 Å². The molecule has 0 aliphatic heterocycles. The van der Waals surface area contributed by atoms with Crippen molar-refractivity contribution in [3.8, 4) is 11.8 Å². The lowest BCUT2D eigenvalue weighted by Crippen LogP contribution is -2.50. The molecule has 1 aliphatic carbocycles. The first-order valence-corrected chi connectivity index (χ1v) is 8.17. The van der Waals surface area contributed by atoms with Crippen LogP contribution in [-0.4, -0.2) is 25.7 Å². The van der Waals surface area contributed by atoms with Gasteiger partial charge in [0.25, 0.3) is 0 Å². The van der Waals surface area contributed by atoms with Crippen LogP contribution in [0.4, 0.5) is 0 Å². The molecule has 1 saturated carbocycles. The maximum absolute atomic E-state index is 12.2.